The minimum Gasteiger partial charge on any atom is -0.481 e. The Bertz CT molecular complexity index is 897. The Hall–Kier alpha value is -2.27. The molecule has 3 aromatic rings. The molecule has 118 valence electrons. The summed E-state index contributed by atoms with van der Waals surface area (Å²) in [5.41, 5.74) is 2.89. The minimum atomic E-state index is -0.698. The van der Waals surface area contributed by atoms with Crippen LogP contribution in [0.25, 0.3) is 16.6 Å². The van der Waals surface area contributed by atoms with Crippen LogP contribution in [-0.2, 0) is 4.79 Å². The maximum atomic E-state index is 11.1. The number of benzene rings is 1. The molecule has 0 aliphatic carbocycles. The van der Waals surface area contributed by atoms with Gasteiger partial charge in [-0.05, 0) is 43.2 Å². The number of nitrogens with zero attached hydrogens (tertiary/aromatic N) is 3. The molecule has 2 aromatic heterocycles. The Balaban J connectivity index is 1.79. The second kappa shape index (κ2) is 5.42. The summed E-state index contributed by atoms with van der Waals surface area (Å²) in [4.78, 5) is 18.1. The summed E-state index contributed by atoms with van der Waals surface area (Å²) >= 11 is 6.11. The zero-order valence-corrected chi connectivity index (χ0v) is 13.2. The molecule has 0 unspecified atom stereocenters. The number of hydrogen-bond donors (Lipinski definition) is 1. The lowest BCUT2D eigenvalue weighted by molar-refractivity contribution is -0.142. The Labute approximate surface area is 138 Å². The standard InChI is InChI=1S/C17H16ClN3O2/c18-12-3-4-14-13(10-12)19-16(15-2-1-7-21(14)15)20-8-5-11(6-9-20)17(22)23/h1-4,7,10-11H,5-6,8-9H2,(H,22,23). The fraction of sp³-hybridized carbons (Fsp3) is 0.294. The van der Waals surface area contributed by atoms with Crippen molar-refractivity contribution < 1.29 is 9.90 Å². The SMILES string of the molecule is O=C(O)C1CCN(c2nc3cc(Cl)ccc3n3cccc23)CC1. The van der Waals surface area contributed by atoms with Crippen LogP contribution >= 0.6 is 11.6 Å². The largest absolute Gasteiger partial charge is 0.481 e. The van der Waals surface area contributed by atoms with Crippen molar-refractivity contribution in [1.29, 1.82) is 0 Å². The summed E-state index contributed by atoms with van der Waals surface area (Å²) in [6, 6.07) is 9.74. The van der Waals surface area contributed by atoms with E-state index in [0.717, 1.165) is 22.4 Å². The topological polar surface area (TPSA) is 57.8 Å². The molecule has 0 amide bonds. The number of piperidine rings is 1. The molecule has 0 atom stereocenters. The predicted octanol–water partition coefficient (Wildman–Crippen LogP) is 3.44. The molecule has 4 rings (SSSR count). The Morgan fingerprint density at radius 3 is 2.74 bits per heavy atom. The van der Waals surface area contributed by atoms with Gasteiger partial charge < -0.3 is 14.4 Å². The first-order valence-corrected chi connectivity index (χ1v) is 8.05. The maximum absolute atomic E-state index is 11.1. The van der Waals surface area contributed by atoms with Crippen LogP contribution < -0.4 is 4.90 Å². The Kier molecular flexibility index (Phi) is 3.38. The van der Waals surface area contributed by atoms with Crippen LogP contribution in [0.15, 0.2) is 36.5 Å². The van der Waals surface area contributed by atoms with Crippen LogP contribution in [0, 0.1) is 5.92 Å². The molecule has 1 aromatic carbocycles. The summed E-state index contributed by atoms with van der Waals surface area (Å²) in [7, 11) is 0. The molecule has 3 heterocycles. The third kappa shape index (κ3) is 2.41. The van der Waals surface area contributed by atoms with Crippen molar-refractivity contribution in [2.75, 3.05) is 18.0 Å². The molecule has 0 radical (unpaired) electrons. The van der Waals surface area contributed by atoms with Crippen molar-refractivity contribution in [1.82, 2.24) is 9.38 Å². The molecular weight excluding hydrogens is 314 g/mol. The number of carboxylic acids is 1. The van der Waals surface area contributed by atoms with E-state index in [9.17, 15) is 4.79 Å². The molecule has 6 heteroatoms. The zero-order valence-electron chi connectivity index (χ0n) is 12.4. The highest BCUT2D eigenvalue weighted by molar-refractivity contribution is 6.31. The number of aromatic nitrogens is 2. The van der Waals surface area contributed by atoms with Crippen molar-refractivity contribution in [2.45, 2.75) is 12.8 Å². The van der Waals surface area contributed by atoms with Gasteiger partial charge in [-0.2, -0.15) is 0 Å². The number of hydrogen-bond acceptors (Lipinski definition) is 3. The van der Waals surface area contributed by atoms with E-state index in [4.69, 9.17) is 21.7 Å². The summed E-state index contributed by atoms with van der Waals surface area (Å²) in [6.45, 7) is 1.41. The second-order valence-electron chi connectivity index (χ2n) is 5.93. The van der Waals surface area contributed by atoms with Crippen molar-refractivity contribution >= 4 is 39.9 Å². The van der Waals surface area contributed by atoms with Crippen LogP contribution in [0.5, 0.6) is 0 Å². The van der Waals surface area contributed by atoms with Gasteiger partial charge in [-0.1, -0.05) is 11.6 Å². The molecule has 0 bridgehead atoms. The van der Waals surface area contributed by atoms with Gasteiger partial charge in [-0.3, -0.25) is 4.79 Å². The fourth-order valence-corrected chi connectivity index (χ4v) is 3.47. The second-order valence-corrected chi connectivity index (χ2v) is 6.37. The quantitative estimate of drug-likeness (QED) is 0.782. The first-order valence-electron chi connectivity index (χ1n) is 7.67. The lowest BCUT2D eigenvalue weighted by Crippen LogP contribution is -2.37. The average molecular weight is 330 g/mol. The summed E-state index contributed by atoms with van der Waals surface area (Å²) in [5, 5.41) is 9.81. The van der Waals surface area contributed by atoms with E-state index in [0.29, 0.717) is 31.0 Å². The average Bonchev–Trinajstić information content (AvgIpc) is 3.03. The molecule has 1 aliphatic heterocycles. The Morgan fingerprint density at radius 2 is 2.00 bits per heavy atom. The zero-order chi connectivity index (χ0) is 16.0. The van der Waals surface area contributed by atoms with Crippen LogP contribution in [0.2, 0.25) is 5.02 Å². The van der Waals surface area contributed by atoms with Gasteiger partial charge in [0.15, 0.2) is 5.82 Å². The molecule has 23 heavy (non-hydrogen) atoms. The monoisotopic (exact) mass is 329 g/mol. The smallest absolute Gasteiger partial charge is 0.306 e. The first-order chi connectivity index (χ1) is 11.1. The van der Waals surface area contributed by atoms with Gasteiger partial charge in [0.2, 0.25) is 0 Å². The van der Waals surface area contributed by atoms with Gasteiger partial charge >= 0.3 is 5.97 Å². The number of fused-ring (bicyclic) bond motifs is 3. The molecule has 1 N–H and O–H groups in total. The van der Waals surface area contributed by atoms with Crippen molar-refractivity contribution in [3.63, 3.8) is 0 Å². The van der Waals surface area contributed by atoms with Gasteiger partial charge in [0.05, 0.1) is 22.5 Å². The minimum absolute atomic E-state index is 0.246. The summed E-state index contributed by atoms with van der Waals surface area (Å²) in [5.74, 6) is -0.0479. The number of halogens is 1. The van der Waals surface area contributed by atoms with E-state index in [1.54, 1.807) is 0 Å². The van der Waals surface area contributed by atoms with E-state index in [1.807, 2.05) is 36.5 Å². The number of rotatable bonds is 2. The van der Waals surface area contributed by atoms with Crippen LogP contribution in [0.4, 0.5) is 5.82 Å². The lowest BCUT2D eigenvalue weighted by Gasteiger charge is -2.31. The maximum Gasteiger partial charge on any atom is 0.306 e. The molecular formula is C17H16ClN3O2. The van der Waals surface area contributed by atoms with E-state index in [1.165, 1.54) is 0 Å². The van der Waals surface area contributed by atoms with Crippen molar-refractivity contribution in [3.05, 3.63) is 41.6 Å². The van der Waals surface area contributed by atoms with Crippen molar-refractivity contribution in [2.24, 2.45) is 5.92 Å². The fourth-order valence-electron chi connectivity index (χ4n) is 3.31. The number of carbonyl (C=O) groups is 1. The van der Waals surface area contributed by atoms with Gasteiger partial charge in [0.1, 0.15) is 0 Å². The first kappa shape index (κ1) is 14.3. The van der Waals surface area contributed by atoms with E-state index >= 15 is 0 Å². The van der Waals surface area contributed by atoms with Gasteiger partial charge in [-0.15, -0.1) is 0 Å². The molecule has 1 saturated heterocycles. The molecule has 5 nitrogen and oxygen atoms in total. The van der Waals surface area contributed by atoms with E-state index in [-0.39, 0.29) is 5.92 Å². The van der Waals surface area contributed by atoms with Gasteiger partial charge in [0.25, 0.3) is 0 Å². The van der Waals surface area contributed by atoms with Gasteiger partial charge in [-0.25, -0.2) is 4.98 Å². The van der Waals surface area contributed by atoms with E-state index < -0.39 is 5.97 Å². The van der Waals surface area contributed by atoms with Crippen molar-refractivity contribution in [3.8, 4) is 0 Å². The summed E-state index contributed by atoms with van der Waals surface area (Å²) in [6.07, 6.45) is 3.32. The third-order valence-electron chi connectivity index (χ3n) is 4.54. The predicted molar refractivity (Wildman–Crippen MR) is 90.3 cm³/mol. The number of anilines is 1. The lowest BCUT2D eigenvalue weighted by atomic mass is 9.97. The Morgan fingerprint density at radius 1 is 1.22 bits per heavy atom. The number of carboxylic acid groups (broad SMARTS) is 1. The molecule has 0 saturated carbocycles. The molecule has 1 fully saturated rings. The van der Waals surface area contributed by atoms with E-state index in [2.05, 4.69) is 9.30 Å². The third-order valence-corrected chi connectivity index (χ3v) is 4.78. The van der Waals surface area contributed by atoms with Crippen LogP contribution in [0.3, 0.4) is 0 Å². The normalized spacial score (nSPS) is 16.3. The molecule has 0 spiro atoms. The highest BCUT2D eigenvalue weighted by Crippen LogP contribution is 2.29. The highest BCUT2D eigenvalue weighted by Gasteiger charge is 2.26. The van der Waals surface area contributed by atoms with Gasteiger partial charge in [0, 0.05) is 24.3 Å². The van der Waals surface area contributed by atoms with Crippen LogP contribution in [-0.4, -0.2) is 33.6 Å². The molecule has 1 aliphatic rings. The number of aliphatic carboxylic acids is 1. The summed E-state index contributed by atoms with van der Waals surface area (Å²) < 4.78 is 2.11. The highest BCUT2D eigenvalue weighted by atomic mass is 35.5. The van der Waals surface area contributed by atoms with Crippen LogP contribution in [0.1, 0.15) is 12.8 Å².